The number of methoxy groups -OCH3 is 1. The quantitative estimate of drug-likeness (QED) is 0.421. The first-order valence-corrected chi connectivity index (χ1v) is 11.1. The molecule has 1 aromatic carbocycles. The number of anilines is 1. The zero-order valence-corrected chi connectivity index (χ0v) is 18.7. The number of amides is 2. The molecule has 0 saturated heterocycles. The molecule has 0 fully saturated rings. The highest BCUT2D eigenvalue weighted by molar-refractivity contribution is 7.17. The first-order valence-electron chi connectivity index (χ1n) is 10.3. The van der Waals surface area contributed by atoms with Gasteiger partial charge in [0.25, 0.3) is 5.91 Å². The number of hydrogen-bond acceptors (Lipinski definition) is 6. The maximum atomic E-state index is 13.1. The Labute approximate surface area is 190 Å². The van der Waals surface area contributed by atoms with Gasteiger partial charge in [-0.15, -0.1) is 0 Å². The van der Waals surface area contributed by atoms with Crippen molar-refractivity contribution in [2.75, 3.05) is 31.7 Å². The summed E-state index contributed by atoms with van der Waals surface area (Å²) in [5.41, 5.74) is 0.876. The summed E-state index contributed by atoms with van der Waals surface area (Å²) in [5.74, 6) is -0.657. The van der Waals surface area contributed by atoms with Crippen LogP contribution in [0.25, 0.3) is 0 Å². The van der Waals surface area contributed by atoms with Crippen LogP contribution >= 0.6 is 11.3 Å². The van der Waals surface area contributed by atoms with Crippen LogP contribution in [0, 0.1) is 5.82 Å². The van der Waals surface area contributed by atoms with Gasteiger partial charge >= 0.3 is 0 Å². The first kappa shape index (κ1) is 23.6. The van der Waals surface area contributed by atoms with Crippen molar-refractivity contribution in [2.24, 2.45) is 0 Å². The van der Waals surface area contributed by atoms with Crippen molar-refractivity contribution in [1.82, 2.24) is 19.9 Å². The predicted octanol–water partition coefficient (Wildman–Crippen LogP) is 2.91. The Morgan fingerprint density at radius 1 is 1.28 bits per heavy atom. The Balaban J connectivity index is 1.55. The van der Waals surface area contributed by atoms with Crippen LogP contribution in [0.15, 0.2) is 49.2 Å². The van der Waals surface area contributed by atoms with Gasteiger partial charge in [0.15, 0.2) is 5.13 Å². The number of carbonyl (C=O) groups excluding carboxylic acids is 2. The molecule has 0 radical (unpaired) electrons. The fourth-order valence-electron chi connectivity index (χ4n) is 3.01. The lowest BCUT2D eigenvalue weighted by Gasteiger charge is -2.19. The van der Waals surface area contributed by atoms with Gasteiger partial charge in [-0.3, -0.25) is 14.5 Å². The zero-order valence-electron chi connectivity index (χ0n) is 17.9. The molecule has 3 rings (SSSR count). The third-order valence-electron chi connectivity index (χ3n) is 4.75. The molecule has 0 aliphatic carbocycles. The van der Waals surface area contributed by atoms with Gasteiger partial charge in [0, 0.05) is 39.0 Å². The molecule has 1 N–H and O–H groups in total. The SMILES string of the molecule is COCCN(C(=O)CCc1ccc(F)cc1)c1ncc(C(=O)NCCCn2ccnc2)s1. The van der Waals surface area contributed by atoms with Gasteiger partial charge in [-0.1, -0.05) is 23.5 Å². The van der Waals surface area contributed by atoms with Gasteiger partial charge in [-0.2, -0.15) is 0 Å². The van der Waals surface area contributed by atoms with Gasteiger partial charge in [0.2, 0.25) is 5.91 Å². The summed E-state index contributed by atoms with van der Waals surface area (Å²) >= 11 is 1.17. The van der Waals surface area contributed by atoms with E-state index in [1.807, 2.05) is 10.8 Å². The molecule has 2 heterocycles. The molecule has 2 aromatic heterocycles. The van der Waals surface area contributed by atoms with E-state index in [2.05, 4.69) is 15.3 Å². The molecule has 0 aliphatic heterocycles. The lowest BCUT2D eigenvalue weighted by Crippen LogP contribution is -2.34. The summed E-state index contributed by atoms with van der Waals surface area (Å²) in [6.07, 6.45) is 8.31. The highest BCUT2D eigenvalue weighted by atomic mass is 32.1. The Morgan fingerprint density at radius 2 is 2.09 bits per heavy atom. The van der Waals surface area contributed by atoms with E-state index in [9.17, 15) is 14.0 Å². The number of benzene rings is 1. The summed E-state index contributed by atoms with van der Waals surface area (Å²) in [6.45, 7) is 1.96. The van der Waals surface area contributed by atoms with Crippen LogP contribution in [0.1, 0.15) is 28.1 Å². The van der Waals surface area contributed by atoms with Crippen molar-refractivity contribution >= 4 is 28.3 Å². The van der Waals surface area contributed by atoms with Crippen LogP contribution in [0.3, 0.4) is 0 Å². The second kappa shape index (κ2) is 12.1. The molecule has 8 nitrogen and oxygen atoms in total. The maximum absolute atomic E-state index is 13.1. The third-order valence-corrected chi connectivity index (χ3v) is 5.77. The predicted molar refractivity (Wildman–Crippen MR) is 120 cm³/mol. The van der Waals surface area contributed by atoms with Crippen molar-refractivity contribution in [3.63, 3.8) is 0 Å². The van der Waals surface area contributed by atoms with Gasteiger partial charge in [-0.05, 0) is 30.5 Å². The number of nitrogens with zero attached hydrogens (tertiary/aromatic N) is 4. The van der Waals surface area contributed by atoms with Crippen LogP contribution in [-0.4, -0.2) is 53.2 Å². The lowest BCUT2D eigenvalue weighted by molar-refractivity contribution is -0.118. The third kappa shape index (κ3) is 6.96. The molecule has 2 amide bonds. The lowest BCUT2D eigenvalue weighted by atomic mass is 10.1. The molecule has 0 spiro atoms. The summed E-state index contributed by atoms with van der Waals surface area (Å²) in [4.78, 5) is 35.5. The van der Waals surface area contributed by atoms with E-state index in [0.29, 0.717) is 36.1 Å². The Hall–Kier alpha value is -3.11. The maximum Gasteiger partial charge on any atom is 0.263 e. The number of ether oxygens (including phenoxy) is 1. The van der Waals surface area contributed by atoms with E-state index in [1.165, 1.54) is 34.6 Å². The van der Waals surface area contributed by atoms with E-state index >= 15 is 0 Å². The van der Waals surface area contributed by atoms with E-state index in [1.54, 1.807) is 31.8 Å². The largest absolute Gasteiger partial charge is 0.383 e. The average Bonchev–Trinajstić information content (AvgIpc) is 3.49. The van der Waals surface area contributed by atoms with Gasteiger partial charge < -0.3 is 14.6 Å². The number of imidazole rings is 1. The van der Waals surface area contributed by atoms with Crippen molar-refractivity contribution in [3.8, 4) is 0 Å². The number of aryl methyl sites for hydroxylation is 2. The summed E-state index contributed by atoms with van der Waals surface area (Å²) < 4.78 is 20.1. The summed E-state index contributed by atoms with van der Waals surface area (Å²) in [6, 6.07) is 6.09. The molecule has 0 atom stereocenters. The molecule has 32 heavy (non-hydrogen) atoms. The van der Waals surface area contributed by atoms with E-state index < -0.39 is 0 Å². The number of halogens is 1. The van der Waals surface area contributed by atoms with Crippen LogP contribution in [0.4, 0.5) is 9.52 Å². The standard InChI is InChI=1S/C22H26FN5O3S/c1-31-14-13-28(20(29)8-5-17-3-6-18(23)7-4-17)22-26-15-19(32-22)21(30)25-9-2-11-27-12-10-24-16-27/h3-4,6-7,10,12,15-16H,2,5,8-9,11,13-14H2,1H3,(H,25,30). The second-order valence-corrected chi connectivity index (χ2v) is 8.09. The smallest absolute Gasteiger partial charge is 0.263 e. The van der Waals surface area contributed by atoms with Crippen molar-refractivity contribution < 1.29 is 18.7 Å². The van der Waals surface area contributed by atoms with E-state index in [0.717, 1.165) is 18.5 Å². The van der Waals surface area contributed by atoms with Crippen LogP contribution < -0.4 is 10.2 Å². The molecule has 0 aliphatic rings. The minimum Gasteiger partial charge on any atom is -0.383 e. The molecular weight excluding hydrogens is 433 g/mol. The Bertz CT molecular complexity index is 991. The number of nitrogens with one attached hydrogen (secondary N) is 1. The Kier molecular flexibility index (Phi) is 8.88. The van der Waals surface area contributed by atoms with Crippen LogP contribution in [0.5, 0.6) is 0 Å². The van der Waals surface area contributed by atoms with E-state index in [4.69, 9.17) is 4.74 Å². The Morgan fingerprint density at radius 3 is 2.81 bits per heavy atom. The minimum absolute atomic E-state index is 0.131. The summed E-state index contributed by atoms with van der Waals surface area (Å²) in [7, 11) is 1.56. The minimum atomic E-state index is -0.308. The molecule has 10 heteroatoms. The van der Waals surface area contributed by atoms with Crippen molar-refractivity contribution in [1.29, 1.82) is 0 Å². The monoisotopic (exact) mass is 459 g/mol. The van der Waals surface area contributed by atoms with Gasteiger partial charge in [-0.25, -0.2) is 14.4 Å². The van der Waals surface area contributed by atoms with Crippen LogP contribution in [-0.2, 0) is 22.5 Å². The van der Waals surface area contributed by atoms with E-state index in [-0.39, 0.29) is 24.1 Å². The second-order valence-electron chi connectivity index (χ2n) is 7.08. The summed E-state index contributed by atoms with van der Waals surface area (Å²) in [5, 5.41) is 3.33. The fourth-order valence-corrected chi connectivity index (χ4v) is 3.89. The normalized spacial score (nSPS) is 10.8. The molecular formula is C22H26FN5O3S. The average molecular weight is 460 g/mol. The molecule has 170 valence electrons. The molecule has 3 aromatic rings. The zero-order chi connectivity index (χ0) is 22.8. The number of rotatable bonds is 12. The van der Waals surface area contributed by atoms with Gasteiger partial charge in [0.1, 0.15) is 10.7 Å². The van der Waals surface area contributed by atoms with Crippen molar-refractivity contribution in [3.05, 3.63) is 65.4 Å². The molecule has 0 unspecified atom stereocenters. The molecule has 0 bridgehead atoms. The highest BCUT2D eigenvalue weighted by Gasteiger charge is 2.20. The molecule has 0 saturated carbocycles. The number of carbonyl (C=O) groups is 2. The van der Waals surface area contributed by atoms with Crippen LogP contribution in [0.2, 0.25) is 0 Å². The number of thiazole rings is 1. The highest BCUT2D eigenvalue weighted by Crippen LogP contribution is 2.23. The van der Waals surface area contributed by atoms with Crippen molar-refractivity contribution in [2.45, 2.75) is 25.8 Å². The number of hydrogen-bond donors (Lipinski definition) is 1. The van der Waals surface area contributed by atoms with Gasteiger partial charge in [0.05, 0.1) is 25.7 Å². The topological polar surface area (TPSA) is 89.4 Å². The first-order chi connectivity index (χ1) is 15.6. The number of aromatic nitrogens is 3. The fraction of sp³-hybridized carbons (Fsp3) is 0.364.